The lowest BCUT2D eigenvalue weighted by molar-refractivity contribution is -0.129. The van der Waals surface area contributed by atoms with Crippen LogP contribution in [0.2, 0.25) is 0 Å². The molecule has 1 atom stereocenters. The lowest BCUT2D eigenvalue weighted by Gasteiger charge is -2.28. The van der Waals surface area contributed by atoms with Gasteiger partial charge in [0.25, 0.3) is 5.91 Å². The number of rotatable bonds is 12. The molecule has 1 aliphatic heterocycles. The van der Waals surface area contributed by atoms with Crippen molar-refractivity contribution >= 4 is 11.7 Å². The number of benzene rings is 1. The Morgan fingerprint density at radius 1 is 1.15 bits per heavy atom. The summed E-state index contributed by atoms with van der Waals surface area (Å²) < 4.78 is 17.1. The lowest BCUT2D eigenvalue weighted by atomic mass is 9.94. The van der Waals surface area contributed by atoms with Crippen LogP contribution in [0.15, 0.2) is 46.1 Å². The van der Waals surface area contributed by atoms with Crippen molar-refractivity contribution in [3.05, 3.63) is 58.7 Å². The number of nitrogens with zero attached hydrogens (tertiary/aromatic N) is 2. The van der Waals surface area contributed by atoms with Crippen molar-refractivity contribution in [1.29, 1.82) is 0 Å². The van der Waals surface area contributed by atoms with Crippen LogP contribution in [0.1, 0.15) is 54.6 Å². The highest BCUT2D eigenvalue weighted by Crippen LogP contribution is 2.42. The van der Waals surface area contributed by atoms with E-state index >= 15 is 0 Å². The van der Waals surface area contributed by atoms with Crippen LogP contribution in [0, 0.1) is 6.92 Å². The summed E-state index contributed by atoms with van der Waals surface area (Å²) in [4.78, 5) is 30.1. The van der Waals surface area contributed by atoms with Gasteiger partial charge in [-0.3, -0.25) is 9.59 Å². The van der Waals surface area contributed by atoms with Crippen LogP contribution in [0.5, 0.6) is 11.5 Å². The van der Waals surface area contributed by atoms with Gasteiger partial charge in [-0.2, -0.15) is 0 Å². The second-order valence-corrected chi connectivity index (χ2v) is 8.55. The SMILES string of the molecule is CCCOc1ccc(C2C(C(=O)c3ccc(C)o3)=C(O)C(=O)N2CCCN(C)C)cc1OCC. The average molecular weight is 471 g/mol. The smallest absolute Gasteiger partial charge is 0.290 e. The summed E-state index contributed by atoms with van der Waals surface area (Å²) in [6, 6.07) is 7.84. The summed E-state index contributed by atoms with van der Waals surface area (Å²) in [5, 5.41) is 10.8. The third-order valence-electron chi connectivity index (χ3n) is 5.56. The van der Waals surface area contributed by atoms with E-state index in [0.29, 0.717) is 49.0 Å². The van der Waals surface area contributed by atoms with E-state index in [2.05, 4.69) is 0 Å². The summed E-state index contributed by atoms with van der Waals surface area (Å²) in [5.74, 6) is 0.157. The standard InChI is InChI=1S/C26H34N2O6/c1-6-15-33-19-12-10-18(16-21(19)32-7-2)23-22(24(29)20-11-9-17(3)34-20)25(30)26(31)28(23)14-8-13-27(4)5/h9-12,16,23,30H,6-8,13-15H2,1-5H3. The van der Waals surface area contributed by atoms with Gasteiger partial charge in [0.1, 0.15) is 5.76 Å². The molecule has 3 rings (SSSR count). The number of carbonyl (C=O) groups excluding carboxylic acids is 2. The van der Waals surface area contributed by atoms with Crippen molar-refractivity contribution in [3.8, 4) is 11.5 Å². The Bertz CT molecular complexity index is 1060. The fourth-order valence-corrected chi connectivity index (χ4v) is 4.00. The van der Waals surface area contributed by atoms with E-state index in [1.54, 1.807) is 36.1 Å². The van der Waals surface area contributed by atoms with Crippen molar-refractivity contribution in [2.24, 2.45) is 0 Å². The predicted molar refractivity (Wildman–Crippen MR) is 128 cm³/mol. The number of carbonyl (C=O) groups is 2. The van der Waals surface area contributed by atoms with E-state index in [1.807, 2.05) is 38.9 Å². The summed E-state index contributed by atoms with van der Waals surface area (Å²) >= 11 is 0. The van der Waals surface area contributed by atoms with Crippen molar-refractivity contribution in [2.45, 2.75) is 39.7 Å². The molecule has 34 heavy (non-hydrogen) atoms. The van der Waals surface area contributed by atoms with Gasteiger partial charge >= 0.3 is 0 Å². The minimum atomic E-state index is -0.771. The number of aliphatic hydroxyl groups excluding tert-OH is 1. The van der Waals surface area contributed by atoms with E-state index in [-0.39, 0.29) is 11.3 Å². The van der Waals surface area contributed by atoms with Crippen LogP contribution in [0.25, 0.3) is 0 Å². The number of hydrogen-bond donors (Lipinski definition) is 1. The van der Waals surface area contributed by atoms with Crippen LogP contribution in [0.3, 0.4) is 0 Å². The Labute approximate surface area is 200 Å². The molecule has 2 aromatic rings. The number of Topliss-reactive ketones (excluding diaryl/α,β-unsaturated/α-hetero) is 1. The monoisotopic (exact) mass is 470 g/mol. The molecule has 0 bridgehead atoms. The fourth-order valence-electron chi connectivity index (χ4n) is 4.00. The summed E-state index contributed by atoms with van der Waals surface area (Å²) in [7, 11) is 3.91. The van der Waals surface area contributed by atoms with Gasteiger partial charge < -0.3 is 28.8 Å². The topological polar surface area (TPSA) is 92.5 Å². The van der Waals surface area contributed by atoms with E-state index in [9.17, 15) is 14.7 Å². The molecule has 1 unspecified atom stereocenters. The predicted octanol–water partition coefficient (Wildman–Crippen LogP) is 4.31. The van der Waals surface area contributed by atoms with E-state index in [0.717, 1.165) is 13.0 Å². The highest BCUT2D eigenvalue weighted by molar-refractivity contribution is 6.15. The van der Waals surface area contributed by atoms with Crippen molar-refractivity contribution in [3.63, 3.8) is 0 Å². The maximum absolute atomic E-state index is 13.4. The van der Waals surface area contributed by atoms with Crippen LogP contribution in [-0.2, 0) is 4.79 Å². The maximum Gasteiger partial charge on any atom is 0.290 e. The average Bonchev–Trinajstić information content (AvgIpc) is 3.34. The minimum absolute atomic E-state index is 0.00822. The Kier molecular flexibility index (Phi) is 8.39. The molecule has 0 spiro atoms. The molecule has 0 saturated carbocycles. The lowest BCUT2D eigenvalue weighted by Crippen LogP contribution is -2.33. The first-order valence-electron chi connectivity index (χ1n) is 11.7. The van der Waals surface area contributed by atoms with Gasteiger partial charge in [-0.1, -0.05) is 13.0 Å². The second kappa shape index (κ2) is 11.2. The first-order chi connectivity index (χ1) is 16.3. The minimum Gasteiger partial charge on any atom is -0.503 e. The second-order valence-electron chi connectivity index (χ2n) is 8.55. The number of aryl methyl sites for hydroxylation is 1. The van der Waals surface area contributed by atoms with Crippen LogP contribution in [-0.4, -0.2) is 67.0 Å². The van der Waals surface area contributed by atoms with Crippen LogP contribution >= 0.6 is 0 Å². The third kappa shape index (κ3) is 5.44. The summed E-state index contributed by atoms with van der Waals surface area (Å²) in [5.41, 5.74) is 0.662. The van der Waals surface area contributed by atoms with E-state index in [4.69, 9.17) is 13.9 Å². The van der Waals surface area contributed by atoms with Crippen LogP contribution < -0.4 is 9.47 Å². The van der Waals surface area contributed by atoms with Gasteiger partial charge in [-0.25, -0.2) is 0 Å². The molecule has 0 fully saturated rings. The molecular formula is C26H34N2O6. The van der Waals surface area contributed by atoms with Crippen molar-refractivity contribution in [2.75, 3.05) is 40.4 Å². The van der Waals surface area contributed by atoms with Gasteiger partial charge in [-0.15, -0.1) is 0 Å². The molecule has 8 heteroatoms. The molecule has 8 nitrogen and oxygen atoms in total. The number of ether oxygens (including phenoxy) is 2. The van der Waals surface area contributed by atoms with Gasteiger partial charge in [0.05, 0.1) is 24.8 Å². The number of aliphatic hydroxyl groups is 1. The van der Waals surface area contributed by atoms with Gasteiger partial charge in [0.15, 0.2) is 23.0 Å². The molecule has 184 valence electrons. The molecular weight excluding hydrogens is 436 g/mol. The van der Waals surface area contributed by atoms with Crippen molar-refractivity contribution in [1.82, 2.24) is 9.80 Å². The Morgan fingerprint density at radius 3 is 2.53 bits per heavy atom. The Hall–Kier alpha value is -3.26. The van der Waals surface area contributed by atoms with Gasteiger partial charge in [-0.05, 0) is 77.2 Å². The number of ketones is 1. The molecule has 0 saturated heterocycles. The fraction of sp³-hybridized carbons (Fsp3) is 0.462. The number of amides is 1. The first kappa shape index (κ1) is 25.4. The quantitative estimate of drug-likeness (QED) is 0.462. The van der Waals surface area contributed by atoms with Gasteiger partial charge in [0.2, 0.25) is 5.78 Å². The molecule has 1 aliphatic rings. The van der Waals surface area contributed by atoms with E-state index in [1.165, 1.54) is 0 Å². The normalized spacial score (nSPS) is 16.0. The van der Waals surface area contributed by atoms with Crippen LogP contribution in [0.4, 0.5) is 0 Å². The van der Waals surface area contributed by atoms with Crippen molar-refractivity contribution < 1.29 is 28.6 Å². The van der Waals surface area contributed by atoms with Gasteiger partial charge in [0, 0.05) is 6.54 Å². The highest BCUT2D eigenvalue weighted by atomic mass is 16.5. The zero-order chi connectivity index (χ0) is 24.8. The maximum atomic E-state index is 13.4. The zero-order valence-electron chi connectivity index (χ0n) is 20.6. The molecule has 1 aromatic heterocycles. The van der Waals surface area contributed by atoms with E-state index < -0.39 is 23.5 Å². The Balaban J connectivity index is 2.05. The molecule has 1 N–H and O–H groups in total. The molecule has 0 radical (unpaired) electrons. The third-order valence-corrected chi connectivity index (χ3v) is 5.56. The molecule has 1 aromatic carbocycles. The molecule has 2 heterocycles. The first-order valence-corrected chi connectivity index (χ1v) is 11.7. The Morgan fingerprint density at radius 2 is 1.91 bits per heavy atom. The summed E-state index contributed by atoms with van der Waals surface area (Å²) in [6.07, 6.45) is 1.53. The largest absolute Gasteiger partial charge is 0.503 e. The summed E-state index contributed by atoms with van der Waals surface area (Å²) in [6.45, 7) is 7.74. The highest BCUT2D eigenvalue weighted by Gasteiger charge is 2.44. The number of hydrogen-bond acceptors (Lipinski definition) is 7. The molecule has 0 aliphatic carbocycles. The molecule has 1 amide bonds. The zero-order valence-corrected chi connectivity index (χ0v) is 20.6. The number of furan rings is 1.